The molecule has 2 aromatic rings. The fourth-order valence-electron chi connectivity index (χ4n) is 15.9. The van der Waals surface area contributed by atoms with Crippen molar-refractivity contribution in [3.8, 4) is 23.0 Å². The first-order valence-corrected chi connectivity index (χ1v) is 21.9. The highest BCUT2D eigenvalue weighted by atomic mass is 16.7. The Hall–Kier alpha value is -4.14. The van der Waals surface area contributed by atoms with Gasteiger partial charge in [0.25, 0.3) is 0 Å². The molecule has 2 spiro atoms. The molecular formula is C46H50N4O9. The van der Waals surface area contributed by atoms with Crippen LogP contribution >= 0.6 is 0 Å². The Labute approximate surface area is 343 Å². The first-order chi connectivity index (χ1) is 28.9. The number of nitrogens with zero attached hydrogens (tertiary/aromatic N) is 4. The summed E-state index contributed by atoms with van der Waals surface area (Å²) in [6, 6.07) is 9.15. The number of methoxy groups -OCH3 is 2. The number of ether oxygens (including phenoxy) is 7. The normalized spacial score (nSPS) is 40.8. The van der Waals surface area contributed by atoms with Crippen LogP contribution in [0.15, 0.2) is 47.6 Å². The van der Waals surface area contributed by atoms with Crippen molar-refractivity contribution < 1.29 is 42.7 Å². The Morgan fingerprint density at radius 1 is 0.661 bits per heavy atom. The lowest BCUT2D eigenvalue weighted by Crippen LogP contribution is -2.69. The van der Waals surface area contributed by atoms with Gasteiger partial charge < -0.3 is 43.0 Å². The van der Waals surface area contributed by atoms with Crippen molar-refractivity contribution in [1.82, 2.24) is 9.80 Å². The highest BCUT2D eigenvalue weighted by Gasteiger charge is 2.73. The standard InChI is InChI=1S/C46H50N4O9/c1-53-31-15-29-27(45-5-7-47-19-23-3-9-56-35-17-39(51)49(29)43(45)41(35)25(23)11-37(45)47)13-33(31)58-21-55-22-59-34-14-28-30(16-32(34)54-2)50-40(52)18-36-42-26-12-38-46(28,44(42)50)6-8-48(38)20-24(26)4-10-57-36/h3-4,13-16,25-26,35-38,41-44H,5-12,17-22H2,1-2H3/t25-,26-,35-,36-,37-,38-,41-,42-,43-,44-,45+,46+/m0/s1. The lowest BCUT2D eigenvalue weighted by molar-refractivity contribution is -0.133. The zero-order valence-electron chi connectivity index (χ0n) is 33.6. The molecule has 6 saturated heterocycles. The Balaban J connectivity index is 0.745. The van der Waals surface area contributed by atoms with Gasteiger partial charge in [-0.2, -0.15) is 0 Å². The number of benzene rings is 2. The molecule has 10 heterocycles. The zero-order chi connectivity index (χ0) is 39.1. The summed E-state index contributed by atoms with van der Waals surface area (Å²) in [4.78, 5) is 37.6. The van der Waals surface area contributed by atoms with Crippen molar-refractivity contribution in [3.63, 3.8) is 0 Å². The predicted molar refractivity (Wildman–Crippen MR) is 212 cm³/mol. The molecule has 13 heteroatoms. The average molecular weight is 803 g/mol. The van der Waals surface area contributed by atoms with Crippen LogP contribution in [0, 0.1) is 23.7 Å². The number of amides is 2. The topological polar surface area (TPSA) is 112 Å². The first-order valence-electron chi connectivity index (χ1n) is 21.9. The number of fused-ring (bicyclic) bond motifs is 4. The lowest BCUT2D eigenvalue weighted by Gasteiger charge is -2.58. The minimum absolute atomic E-state index is 0.0555. The monoisotopic (exact) mass is 802 g/mol. The second kappa shape index (κ2) is 11.8. The third-order valence-corrected chi connectivity index (χ3v) is 17.8. The highest BCUT2D eigenvalue weighted by molar-refractivity contribution is 6.01. The molecule has 2 aromatic carbocycles. The molecule has 308 valence electrons. The minimum atomic E-state index is -0.183. The molecule has 8 fully saturated rings. The maximum absolute atomic E-state index is 14.0. The van der Waals surface area contributed by atoms with Crippen LogP contribution in [-0.4, -0.2) is 125 Å². The summed E-state index contributed by atoms with van der Waals surface area (Å²) in [5, 5.41) is 0. The summed E-state index contributed by atoms with van der Waals surface area (Å²) in [7, 11) is 3.30. The largest absolute Gasteiger partial charge is 0.493 e. The van der Waals surface area contributed by atoms with E-state index in [9.17, 15) is 9.59 Å². The number of piperidine rings is 4. The van der Waals surface area contributed by atoms with E-state index < -0.39 is 0 Å². The maximum Gasteiger partial charge on any atom is 0.229 e. The third-order valence-electron chi connectivity index (χ3n) is 17.8. The van der Waals surface area contributed by atoms with Gasteiger partial charge in [0.1, 0.15) is 0 Å². The van der Waals surface area contributed by atoms with Gasteiger partial charge in [0.05, 0.1) is 75.9 Å². The molecule has 12 aliphatic rings. The maximum atomic E-state index is 14.0. The first kappa shape index (κ1) is 34.6. The Bertz CT molecular complexity index is 2160. The van der Waals surface area contributed by atoms with Crippen LogP contribution in [0.4, 0.5) is 11.4 Å². The SMILES string of the molecule is COc1cc2c(cc1OCOCOc1cc3c(cc1OC)N1C(=O)C[C@@H]4OCC=C5CN6CC[C@]37[C@@H]6C[C@@H]5[C@@H]4[C@H]17)[C@@]13CCN4CC5=CCO[C@H]6CC(=O)N2[C@H]1[C@H]6[C@H]5C[C@H]43. The fourth-order valence-corrected chi connectivity index (χ4v) is 15.9. The van der Waals surface area contributed by atoms with Crippen LogP contribution in [0.3, 0.4) is 0 Å². The highest BCUT2D eigenvalue weighted by Crippen LogP contribution is 2.68. The van der Waals surface area contributed by atoms with Gasteiger partial charge in [0.2, 0.25) is 11.8 Å². The number of carbonyl (C=O) groups excluding carboxylic acids is 2. The van der Waals surface area contributed by atoms with Gasteiger partial charge in [0, 0.05) is 60.0 Å². The zero-order valence-corrected chi connectivity index (χ0v) is 33.6. The number of carbonyl (C=O) groups is 2. The van der Waals surface area contributed by atoms with Gasteiger partial charge >= 0.3 is 0 Å². The summed E-state index contributed by atoms with van der Waals surface area (Å²) < 4.78 is 43.6. The van der Waals surface area contributed by atoms with Gasteiger partial charge in [-0.1, -0.05) is 23.3 Å². The number of hydrogen-bond donors (Lipinski definition) is 0. The molecule has 59 heavy (non-hydrogen) atoms. The number of hydrogen-bond acceptors (Lipinski definition) is 11. The van der Waals surface area contributed by atoms with Crippen molar-refractivity contribution in [3.05, 3.63) is 58.7 Å². The van der Waals surface area contributed by atoms with E-state index >= 15 is 0 Å². The van der Waals surface area contributed by atoms with E-state index in [1.807, 2.05) is 12.1 Å². The van der Waals surface area contributed by atoms with Crippen molar-refractivity contribution in [2.75, 3.05) is 77.0 Å². The number of rotatable bonds is 8. The fraction of sp³-hybridized carbons (Fsp3) is 0.609. The number of anilines is 2. The van der Waals surface area contributed by atoms with Gasteiger partial charge in [0.15, 0.2) is 36.6 Å². The molecule has 14 rings (SSSR count). The molecular weight excluding hydrogens is 753 g/mol. The van der Waals surface area contributed by atoms with Crippen molar-refractivity contribution in [2.45, 2.75) is 85.7 Å². The van der Waals surface area contributed by atoms with Gasteiger partial charge in [-0.25, -0.2) is 0 Å². The quantitative estimate of drug-likeness (QED) is 0.220. The molecule has 13 nitrogen and oxygen atoms in total. The van der Waals surface area contributed by atoms with E-state index in [2.05, 4.69) is 43.9 Å². The van der Waals surface area contributed by atoms with Gasteiger partial charge in [-0.3, -0.25) is 19.4 Å². The molecule has 2 aliphatic carbocycles. The van der Waals surface area contributed by atoms with E-state index in [1.54, 1.807) is 14.2 Å². The summed E-state index contributed by atoms with van der Waals surface area (Å²) >= 11 is 0. The lowest BCUT2D eigenvalue weighted by atomic mass is 9.53. The summed E-state index contributed by atoms with van der Waals surface area (Å²) in [5.41, 5.74) is 6.94. The molecule has 0 aromatic heterocycles. The molecule has 10 aliphatic heterocycles. The molecule has 2 amide bonds. The van der Waals surface area contributed by atoms with Crippen molar-refractivity contribution in [1.29, 1.82) is 0 Å². The van der Waals surface area contributed by atoms with Crippen molar-refractivity contribution in [2.24, 2.45) is 23.7 Å². The van der Waals surface area contributed by atoms with Crippen LogP contribution in [-0.2, 0) is 34.6 Å². The van der Waals surface area contributed by atoms with Crippen LogP contribution in [0.1, 0.15) is 49.7 Å². The molecule has 12 atom stereocenters. The average Bonchev–Trinajstić information content (AvgIpc) is 3.92. The van der Waals surface area contributed by atoms with E-state index in [0.717, 1.165) is 63.2 Å². The Kier molecular flexibility index (Phi) is 6.92. The van der Waals surface area contributed by atoms with Crippen molar-refractivity contribution >= 4 is 23.2 Å². The summed E-state index contributed by atoms with van der Waals surface area (Å²) in [6.07, 6.45) is 9.54. The van der Waals surface area contributed by atoms with E-state index in [1.165, 1.54) is 22.3 Å². The van der Waals surface area contributed by atoms with Gasteiger partial charge in [-0.05, 0) is 73.9 Å². The molecule has 0 unspecified atom stereocenters. The van der Waals surface area contributed by atoms with E-state index in [4.69, 9.17) is 33.2 Å². The van der Waals surface area contributed by atoms with E-state index in [0.29, 0.717) is 73.0 Å². The summed E-state index contributed by atoms with van der Waals surface area (Å²) in [5.74, 6) is 4.07. The van der Waals surface area contributed by atoms with Crippen LogP contribution in [0.25, 0.3) is 0 Å². The van der Waals surface area contributed by atoms with Crippen LogP contribution in [0.5, 0.6) is 23.0 Å². The summed E-state index contributed by atoms with van der Waals surface area (Å²) in [6.45, 7) is 5.09. The second-order valence-corrected chi connectivity index (χ2v) is 19.3. The molecule has 0 radical (unpaired) electrons. The minimum Gasteiger partial charge on any atom is -0.493 e. The van der Waals surface area contributed by atoms with Crippen LogP contribution in [0.2, 0.25) is 0 Å². The Morgan fingerprint density at radius 3 is 1.59 bits per heavy atom. The Morgan fingerprint density at radius 2 is 1.14 bits per heavy atom. The van der Waals surface area contributed by atoms with E-state index in [-0.39, 0.29) is 72.4 Å². The molecule has 4 bridgehead atoms. The smallest absolute Gasteiger partial charge is 0.229 e. The molecule has 2 saturated carbocycles. The second-order valence-electron chi connectivity index (χ2n) is 19.3. The molecule has 0 N–H and O–H groups in total. The van der Waals surface area contributed by atoms with Crippen LogP contribution < -0.4 is 28.7 Å². The predicted octanol–water partition coefficient (Wildman–Crippen LogP) is 3.91. The third kappa shape index (κ3) is 4.10. The van der Waals surface area contributed by atoms with Gasteiger partial charge in [-0.15, -0.1) is 0 Å².